The largest absolute Gasteiger partial charge is 0.383 e. The summed E-state index contributed by atoms with van der Waals surface area (Å²) in [7, 11) is 2.99. The number of nitrogens with zero attached hydrogens (tertiary/aromatic N) is 2. The average molecular weight is 456 g/mol. The molecule has 0 saturated heterocycles. The Bertz CT molecular complexity index is 1050. The molecule has 0 bridgehead atoms. The van der Waals surface area contributed by atoms with E-state index >= 15 is 0 Å². The van der Waals surface area contributed by atoms with Gasteiger partial charge in [0.15, 0.2) is 0 Å². The zero-order valence-electron chi connectivity index (χ0n) is 19.1. The fourth-order valence-electron chi connectivity index (χ4n) is 3.67. The predicted octanol–water partition coefficient (Wildman–Crippen LogP) is 3.00. The molecule has 3 aromatic rings. The number of fused-ring (bicyclic) bond motifs is 1. The van der Waals surface area contributed by atoms with E-state index in [9.17, 15) is 14.0 Å². The molecule has 2 amide bonds. The maximum absolute atomic E-state index is 13.4. The third-order valence-electron chi connectivity index (χ3n) is 5.48. The summed E-state index contributed by atoms with van der Waals surface area (Å²) in [5.41, 5.74) is 2.96. The number of carbonyl (C=O) groups is 2. The van der Waals surface area contributed by atoms with Gasteiger partial charge < -0.3 is 24.3 Å². The van der Waals surface area contributed by atoms with Crippen LogP contribution in [0.4, 0.5) is 4.39 Å². The van der Waals surface area contributed by atoms with E-state index in [0.717, 1.165) is 22.0 Å². The summed E-state index contributed by atoms with van der Waals surface area (Å²) >= 11 is 0. The van der Waals surface area contributed by atoms with Crippen LogP contribution in [0.2, 0.25) is 0 Å². The molecule has 0 atom stereocenters. The smallest absolute Gasteiger partial charge is 0.249 e. The molecule has 0 unspecified atom stereocenters. The topological polar surface area (TPSA) is 74.9 Å². The normalized spacial score (nSPS) is 11.0. The molecule has 33 heavy (non-hydrogen) atoms. The summed E-state index contributed by atoms with van der Waals surface area (Å²) in [5, 5.41) is 1.11. The molecule has 0 aliphatic rings. The third kappa shape index (κ3) is 6.87. The lowest BCUT2D eigenvalue weighted by Gasteiger charge is -2.28. The summed E-state index contributed by atoms with van der Waals surface area (Å²) in [6.07, 6.45) is 2.60. The van der Waals surface area contributed by atoms with Crippen LogP contribution >= 0.6 is 0 Å². The Morgan fingerprint density at radius 3 is 2.42 bits per heavy atom. The Kier molecular flexibility index (Phi) is 8.97. The van der Waals surface area contributed by atoms with Crippen LogP contribution in [0.1, 0.15) is 11.1 Å². The number of carbonyl (C=O) groups excluding carboxylic acids is 2. The Morgan fingerprint density at radius 2 is 1.70 bits per heavy atom. The highest BCUT2D eigenvalue weighted by molar-refractivity contribution is 5.86. The first-order valence-electron chi connectivity index (χ1n) is 10.8. The van der Waals surface area contributed by atoms with Crippen LogP contribution < -0.4 is 0 Å². The second kappa shape index (κ2) is 12.1. The van der Waals surface area contributed by atoms with Gasteiger partial charge in [-0.25, -0.2) is 4.39 Å². The standard InChI is InChI=1S/C25H30FN3O4/c1-32-14-13-29(25(31)18-33-2)17-24(30)28(16-19-7-9-21(26)10-8-19)12-11-20-15-27-23-6-4-3-5-22(20)23/h3-10,15,27H,11-14,16-18H2,1-2H3. The van der Waals surface area contributed by atoms with Crippen molar-refractivity contribution in [3.8, 4) is 0 Å². The number of ether oxygens (including phenoxy) is 2. The van der Waals surface area contributed by atoms with Crippen LogP contribution in [0.25, 0.3) is 10.9 Å². The number of halogens is 1. The molecule has 3 rings (SSSR count). The molecule has 1 aromatic heterocycles. The number of methoxy groups -OCH3 is 2. The van der Waals surface area contributed by atoms with Crippen LogP contribution in [0.5, 0.6) is 0 Å². The van der Waals surface area contributed by atoms with E-state index in [-0.39, 0.29) is 37.3 Å². The number of nitrogens with one attached hydrogen (secondary N) is 1. The van der Waals surface area contributed by atoms with Gasteiger partial charge in [-0.1, -0.05) is 30.3 Å². The highest BCUT2D eigenvalue weighted by atomic mass is 19.1. The predicted molar refractivity (Wildman–Crippen MR) is 124 cm³/mol. The Labute approximate surface area is 193 Å². The molecule has 8 heteroatoms. The number of rotatable bonds is 12. The maximum Gasteiger partial charge on any atom is 0.249 e. The lowest BCUT2D eigenvalue weighted by atomic mass is 10.1. The Hall–Kier alpha value is -3.23. The lowest BCUT2D eigenvalue weighted by Crippen LogP contribution is -2.45. The zero-order chi connectivity index (χ0) is 23.6. The van der Waals surface area contributed by atoms with Crippen molar-refractivity contribution in [2.45, 2.75) is 13.0 Å². The fraction of sp³-hybridized carbons (Fsp3) is 0.360. The number of aromatic amines is 1. The molecule has 1 heterocycles. The summed E-state index contributed by atoms with van der Waals surface area (Å²) in [6.45, 7) is 1.19. The van der Waals surface area contributed by atoms with Crippen molar-refractivity contribution in [2.75, 3.05) is 47.1 Å². The molecule has 0 aliphatic heterocycles. The van der Waals surface area contributed by atoms with Crippen molar-refractivity contribution < 1.29 is 23.5 Å². The minimum atomic E-state index is -0.327. The highest BCUT2D eigenvalue weighted by Gasteiger charge is 2.22. The van der Waals surface area contributed by atoms with Gasteiger partial charge >= 0.3 is 0 Å². The number of hydrogen-bond donors (Lipinski definition) is 1. The van der Waals surface area contributed by atoms with E-state index in [1.807, 2.05) is 30.5 Å². The summed E-state index contributed by atoms with van der Waals surface area (Å²) in [6, 6.07) is 14.1. The van der Waals surface area contributed by atoms with Crippen LogP contribution in [0.15, 0.2) is 54.7 Å². The molecule has 0 aliphatic carbocycles. The summed E-state index contributed by atoms with van der Waals surface area (Å²) < 4.78 is 23.4. The fourth-order valence-corrected chi connectivity index (χ4v) is 3.67. The summed E-state index contributed by atoms with van der Waals surface area (Å²) in [4.78, 5) is 32.1. The lowest BCUT2D eigenvalue weighted by molar-refractivity contribution is -0.143. The molecule has 0 fully saturated rings. The third-order valence-corrected chi connectivity index (χ3v) is 5.48. The molecular formula is C25H30FN3O4. The van der Waals surface area contributed by atoms with Gasteiger partial charge in [0, 0.05) is 51.0 Å². The van der Waals surface area contributed by atoms with Gasteiger partial charge in [0.2, 0.25) is 11.8 Å². The van der Waals surface area contributed by atoms with Gasteiger partial charge in [0.25, 0.3) is 0 Å². The number of amides is 2. The number of H-pyrrole nitrogens is 1. The van der Waals surface area contributed by atoms with Crippen LogP contribution in [0, 0.1) is 5.82 Å². The Morgan fingerprint density at radius 1 is 0.939 bits per heavy atom. The van der Waals surface area contributed by atoms with Crippen LogP contribution in [-0.4, -0.2) is 73.7 Å². The van der Waals surface area contributed by atoms with Gasteiger partial charge in [0.05, 0.1) is 13.2 Å². The highest BCUT2D eigenvalue weighted by Crippen LogP contribution is 2.19. The maximum atomic E-state index is 13.4. The van der Waals surface area contributed by atoms with Gasteiger partial charge in [-0.05, 0) is 35.7 Å². The SMILES string of the molecule is COCCN(CC(=O)N(CCc1c[nH]c2ccccc12)Cc1ccc(F)cc1)C(=O)COC. The minimum absolute atomic E-state index is 0.0827. The van der Waals surface area contributed by atoms with Crippen molar-refractivity contribution in [3.05, 3.63) is 71.7 Å². The average Bonchev–Trinajstić information content (AvgIpc) is 3.23. The second-order valence-electron chi connectivity index (χ2n) is 7.79. The van der Waals surface area contributed by atoms with E-state index in [0.29, 0.717) is 26.1 Å². The van der Waals surface area contributed by atoms with Crippen molar-refractivity contribution in [1.29, 1.82) is 0 Å². The first-order valence-corrected chi connectivity index (χ1v) is 10.8. The first kappa shape index (κ1) is 24.4. The van der Waals surface area contributed by atoms with Crippen LogP contribution in [-0.2, 0) is 32.0 Å². The molecule has 0 spiro atoms. The van der Waals surface area contributed by atoms with Crippen molar-refractivity contribution in [2.24, 2.45) is 0 Å². The molecular weight excluding hydrogens is 425 g/mol. The van der Waals surface area contributed by atoms with Gasteiger partial charge in [-0.3, -0.25) is 9.59 Å². The molecule has 7 nitrogen and oxygen atoms in total. The van der Waals surface area contributed by atoms with E-state index in [1.165, 1.54) is 24.1 Å². The molecule has 2 aromatic carbocycles. The van der Waals surface area contributed by atoms with Gasteiger partial charge in [-0.2, -0.15) is 0 Å². The quantitative estimate of drug-likeness (QED) is 0.456. The molecule has 1 N–H and O–H groups in total. The molecule has 0 radical (unpaired) electrons. The van der Waals surface area contributed by atoms with E-state index in [1.54, 1.807) is 24.1 Å². The van der Waals surface area contributed by atoms with E-state index in [2.05, 4.69) is 4.98 Å². The van der Waals surface area contributed by atoms with Gasteiger partial charge in [0.1, 0.15) is 12.4 Å². The van der Waals surface area contributed by atoms with Crippen molar-refractivity contribution >= 4 is 22.7 Å². The van der Waals surface area contributed by atoms with E-state index < -0.39 is 0 Å². The zero-order valence-corrected chi connectivity index (χ0v) is 19.1. The number of para-hydroxylation sites is 1. The summed E-state index contributed by atoms with van der Waals surface area (Å²) in [5.74, 6) is -0.799. The number of hydrogen-bond acceptors (Lipinski definition) is 4. The molecule has 176 valence electrons. The minimum Gasteiger partial charge on any atom is -0.383 e. The number of aromatic nitrogens is 1. The Balaban J connectivity index is 1.76. The van der Waals surface area contributed by atoms with E-state index in [4.69, 9.17) is 9.47 Å². The molecule has 0 saturated carbocycles. The van der Waals surface area contributed by atoms with Crippen molar-refractivity contribution in [3.63, 3.8) is 0 Å². The van der Waals surface area contributed by atoms with Crippen molar-refractivity contribution in [1.82, 2.24) is 14.8 Å². The van der Waals surface area contributed by atoms with Gasteiger partial charge in [-0.15, -0.1) is 0 Å². The number of benzene rings is 2. The first-order chi connectivity index (χ1) is 16.0. The van der Waals surface area contributed by atoms with Crippen LogP contribution in [0.3, 0.4) is 0 Å². The monoisotopic (exact) mass is 455 g/mol. The second-order valence-corrected chi connectivity index (χ2v) is 7.79.